The Hall–Kier alpha value is -1.07. The summed E-state index contributed by atoms with van der Waals surface area (Å²) in [7, 11) is 1.78. The molecule has 0 bridgehead atoms. The number of rotatable bonds is 2. The second-order valence-corrected chi connectivity index (χ2v) is 4.41. The van der Waals surface area contributed by atoms with E-state index in [0.29, 0.717) is 0 Å². The van der Waals surface area contributed by atoms with Crippen LogP contribution in [0.5, 0.6) is 0 Å². The summed E-state index contributed by atoms with van der Waals surface area (Å²) in [5, 5.41) is 3.16. The minimum absolute atomic E-state index is 0.0554. The van der Waals surface area contributed by atoms with Gasteiger partial charge in [0.05, 0.1) is 17.9 Å². The predicted molar refractivity (Wildman–Crippen MR) is 61.9 cm³/mol. The van der Waals surface area contributed by atoms with Gasteiger partial charge in [-0.2, -0.15) is 0 Å². The molecule has 1 aromatic rings. The van der Waals surface area contributed by atoms with Crippen LogP contribution in [0.2, 0.25) is 0 Å². The van der Waals surface area contributed by atoms with Gasteiger partial charge in [0.1, 0.15) is 0 Å². The van der Waals surface area contributed by atoms with Gasteiger partial charge >= 0.3 is 0 Å². The first-order chi connectivity index (χ1) is 7.29. The minimum Gasteiger partial charge on any atom is -0.313 e. The third kappa shape index (κ3) is 2.30. The number of nitrogens with zero attached hydrogens (tertiary/aromatic N) is 2. The van der Waals surface area contributed by atoms with Gasteiger partial charge in [-0.15, -0.1) is 11.8 Å². The van der Waals surface area contributed by atoms with E-state index in [9.17, 15) is 4.79 Å². The second kappa shape index (κ2) is 4.63. The van der Waals surface area contributed by atoms with Crippen molar-refractivity contribution in [3.63, 3.8) is 0 Å². The first-order valence-electron chi connectivity index (χ1n) is 4.78. The number of amides is 1. The zero-order valence-corrected chi connectivity index (χ0v) is 9.33. The molecule has 1 saturated heterocycles. The predicted octanol–water partition coefficient (Wildman–Crippen LogP) is 0.707. The lowest BCUT2D eigenvalue weighted by Gasteiger charge is -2.20. The van der Waals surface area contributed by atoms with E-state index in [4.69, 9.17) is 0 Å². The van der Waals surface area contributed by atoms with Gasteiger partial charge in [0.25, 0.3) is 0 Å². The fourth-order valence-electron chi connectivity index (χ4n) is 1.47. The van der Waals surface area contributed by atoms with Crippen LogP contribution < -0.4 is 10.2 Å². The monoisotopic (exact) mass is 223 g/mol. The Morgan fingerprint density at radius 1 is 1.73 bits per heavy atom. The molecule has 1 fully saturated rings. The number of likely N-dealkylation sites (N-methyl/N-ethyl adjacent to an activating group) is 1. The highest BCUT2D eigenvalue weighted by Gasteiger charge is 2.25. The van der Waals surface area contributed by atoms with Crippen LogP contribution in [0.25, 0.3) is 0 Å². The molecule has 0 spiro atoms. The van der Waals surface area contributed by atoms with E-state index in [0.717, 1.165) is 17.3 Å². The molecular weight excluding hydrogens is 210 g/mol. The Balaban J connectivity index is 2.07. The molecular formula is C10H13N3OS. The van der Waals surface area contributed by atoms with Gasteiger partial charge in [-0.05, 0) is 12.1 Å². The lowest BCUT2D eigenvalue weighted by molar-refractivity contribution is -0.119. The molecule has 0 aromatic carbocycles. The van der Waals surface area contributed by atoms with Gasteiger partial charge in [0.15, 0.2) is 0 Å². The van der Waals surface area contributed by atoms with Crippen LogP contribution in [0.15, 0.2) is 24.5 Å². The zero-order valence-electron chi connectivity index (χ0n) is 8.51. The van der Waals surface area contributed by atoms with E-state index in [1.807, 2.05) is 12.1 Å². The van der Waals surface area contributed by atoms with Gasteiger partial charge < -0.3 is 4.90 Å². The molecule has 1 aliphatic heterocycles. The van der Waals surface area contributed by atoms with Crippen LogP contribution in [-0.4, -0.2) is 35.6 Å². The number of aromatic nitrogens is 1. The number of pyridine rings is 1. The number of anilines is 1. The average molecular weight is 223 g/mol. The third-order valence-electron chi connectivity index (χ3n) is 2.38. The van der Waals surface area contributed by atoms with Crippen molar-refractivity contribution < 1.29 is 4.79 Å². The third-order valence-corrected chi connectivity index (χ3v) is 3.32. The molecule has 2 rings (SSSR count). The quantitative estimate of drug-likeness (QED) is 0.802. The molecule has 2 heterocycles. The van der Waals surface area contributed by atoms with Crippen molar-refractivity contribution in [1.82, 2.24) is 10.3 Å². The highest BCUT2D eigenvalue weighted by Crippen LogP contribution is 2.15. The fourth-order valence-corrected chi connectivity index (χ4v) is 2.40. The molecule has 1 aliphatic rings. The number of carbonyl (C=O) groups is 1. The lowest BCUT2D eigenvalue weighted by Crippen LogP contribution is -2.43. The summed E-state index contributed by atoms with van der Waals surface area (Å²) in [5.41, 5.74) is 0.834. The first-order valence-corrected chi connectivity index (χ1v) is 5.93. The summed E-state index contributed by atoms with van der Waals surface area (Å²) in [5.74, 6) is 1.81. The van der Waals surface area contributed by atoms with E-state index in [1.54, 1.807) is 36.1 Å². The van der Waals surface area contributed by atoms with Crippen molar-refractivity contribution in [1.29, 1.82) is 0 Å². The summed E-state index contributed by atoms with van der Waals surface area (Å²) in [6.45, 7) is 0. The van der Waals surface area contributed by atoms with Gasteiger partial charge in [0.2, 0.25) is 5.91 Å². The van der Waals surface area contributed by atoms with Crippen LogP contribution in [0, 0.1) is 0 Å². The molecule has 0 aliphatic carbocycles. The van der Waals surface area contributed by atoms with Crippen LogP contribution >= 0.6 is 11.8 Å². The van der Waals surface area contributed by atoms with Crippen molar-refractivity contribution in [3.8, 4) is 0 Å². The molecule has 1 N–H and O–H groups in total. The van der Waals surface area contributed by atoms with Gasteiger partial charge in [-0.1, -0.05) is 0 Å². The smallest absolute Gasteiger partial charge is 0.244 e. The fraction of sp³-hybridized carbons (Fsp3) is 0.400. The maximum absolute atomic E-state index is 12.0. The molecule has 1 amide bonds. The van der Waals surface area contributed by atoms with Crippen molar-refractivity contribution in [2.45, 2.75) is 6.04 Å². The standard InChI is InChI=1S/C10H13N3OS/c1-13(8-3-2-4-11-5-8)10(14)9-6-15-7-12-9/h2-5,9,12H,6-7H2,1H3. The van der Waals surface area contributed by atoms with E-state index >= 15 is 0 Å². The Kier molecular flexibility index (Phi) is 3.23. The molecule has 0 saturated carbocycles. The maximum Gasteiger partial charge on any atom is 0.244 e. The molecule has 1 atom stereocenters. The largest absolute Gasteiger partial charge is 0.313 e. The summed E-state index contributed by atoms with van der Waals surface area (Å²) >= 11 is 1.75. The molecule has 4 nitrogen and oxygen atoms in total. The minimum atomic E-state index is -0.0554. The Morgan fingerprint density at radius 3 is 3.20 bits per heavy atom. The highest BCUT2D eigenvalue weighted by atomic mass is 32.2. The first kappa shape index (κ1) is 10.4. The molecule has 1 aromatic heterocycles. The lowest BCUT2D eigenvalue weighted by atomic mass is 10.3. The van der Waals surface area contributed by atoms with E-state index < -0.39 is 0 Å². The summed E-state index contributed by atoms with van der Waals surface area (Å²) in [4.78, 5) is 17.6. The molecule has 80 valence electrons. The van der Waals surface area contributed by atoms with Crippen molar-refractivity contribution in [2.24, 2.45) is 0 Å². The maximum atomic E-state index is 12.0. The Labute approximate surface area is 93.1 Å². The summed E-state index contributed by atoms with van der Waals surface area (Å²) in [6, 6.07) is 3.66. The number of thioether (sulfide) groups is 1. The number of hydrogen-bond acceptors (Lipinski definition) is 4. The Bertz CT molecular complexity index is 338. The average Bonchev–Trinajstić information content (AvgIpc) is 2.82. The SMILES string of the molecule is CN(C(=O)C1CSCN1)c1cccnc1. The highest BCUT2D eigenvalue weighted by molar-refractivity contribution is 7.99. The zero-order chi connectivity index (χ0) is 10.7. The molecule has 5 heteroatoms. The van der Waals surface area contributed by atoms with Crippen molar-refractivity contribution >= 4 is 23.4 Å². The van der Waals surface area contributed by atoms with Gasteiger partial charge in [-0.3, -0.25) is 15.1 Å². The van der Waals surface area contributed by atoms with Gasteiger partial charge in [0, 0.05) is 24.9 Å². The second-order valence-electron chi connectivity index (χ2n) is 3.38. The molecule has 15 heavy (non-hydrogen) atoms. The van der Waals surface area contributed by atoms with Crippen LogP contribution in [0.3, 0.4) is 0 Å². The van der Waals surface area contributed by atoms with E-state index in [-0.39, 0.29) is 11.9 Å². The van der Waals surface area contributed by atoms with Crippen molar-refractivity contribution in [2.75, 3.05) is 23.6 Å². The topological polar surface area (TPSA) is 45.2 Å². The van der Waals surface area contributed by atoms with E-state index in [1.165, 1.54) is 0 Å². The number of carbonyl (C=O) groups excluding carboxylic acids is 1. The van der Waals surface area contributed by atoms with Crippen LogP contribution in [0.1, 0.15) is 0 Å². The summed E-state index contributed by atoms with van der Waals surface area (Å²) in [6.07, 6.45) is 3.39. The molecule has 1 unspecified atom stereocenters. The van der Waals surface area contributed by atoms with Crippen LogP contribution in [0.4, 0.5) is 5.69 Å². The normalized spacial score (nSPS) is 20.2. The molecule has 0 radical (unpaired) electrons. The van der Waals surface area contributed by atoms with E-state index in [2.05, 4.69) is 10.3 Å². The van der Waals surface area contributed by atoms with Crippen molar-refractivity contribution in [3.05, 3.63) is 24.5 Å². The number of nitrogens with one attached hydrogen (secondary N) is 1. The number of hydrogen-bond donors (Lipinski definition) is 1. The Morgan fingerprint density at radius 2 is 2.60 bits per heavy atom. The summed E-state index contributed by atoms with van der Waals surface area (Å²) < 4.78 is 0. The van der Waals surface area contributed by atoms with Crippen LogP contribution in [-0.2, 0) is 4.79 Å². The van der Waals surface area contributed by atoms with Gasteiger partial charge in [-0.25, -0.2) is 0 Å².